The second-order valence-corrected chi connectivity index (χ2v) is 8.87. The van der Waals surface area contributed by atoms with Crippen molar-refractivity contribution in [2.24, 2.45) is 11.8 Å². The van der Waals surface area contributed by atoms with Gasteiger partial charge in [0.15, 0.2) is 17.6 Å². The number of aliphatic hydroxyl groups is 1. The van der Waals surface area contributed by atoms with Crippen LogP contribution in [0.1, 0.15) is 41.6 Å². The summed E-state index contributed by atoms with van der Waals surface area (Å²) in [5, 5.41) is 27.9. The molecule has 9 nitrogen and oxygen atoms in total. The minimum absolute atomic E-state index is 0.293. The molecular formula is C23H27N7O2. The Morgan fingerprint density at radius 3 is 2.62 bits per heavy atom. The van der Waals surface area contributed by atoms with Crippen molar-refractivity contribution in [3.63, 3.8) is 0 Å². The highest BCUT2D eigenvalue weighted by atomic mass is 16.3. The number of likely N-dealkylation sites (tertiary alicyclic amines) is 1. The number of aromatic amines is 2. The molecule has 2 aliphatic rings. The molecule has 0 bridgehead atoms. The van der Waals surface area contributed by atoms with Crippen molar-refractivity contribution in [2.45, 2.75) is 31.6 Å². The second kappa shape index (κ2) is 8.09. The Balaban J connectivity index is 1.34. The van der Waals surface area contributed by atoms with Crippen LogP contribution in [0, 0.1) is 18.8 Å². The van der Waals surface area contributed by atoms with E-state index in [0.717, 1.165) is 41.6 Å². The van der Waals surface area contributed by atoms with E-state index in [2.05, 4.69) is 37.8 Å². The second-order valence-electron chi connectivity index (χ2n) is 8.87. The first-order valence-electron chi connectivity index (χ1n) is 10.9. The fourth-order valence-corrected chi connectivity index (χ4v) is 5.08. The number of nitrogen functional groups attached to an aromatic ring is 1. The Labute approximate surface area is 185 Å². The van der Waals surface area contributed by atoms with E-state index >= 15 is 0 Å². The van der Waals surface area contributed by atoms with E-state index in [1.165, 1.54) is 5.56 Å². The molecule has 2 fully saturated rings. The maximum atomic E-state index is 11.0. The monoisotopic (exact) mass is 433 g/mol. The number of hydrogen-bond donors (Lipinski definition) is 5. The molecular weight excluding hydrogens is 406 g/mol. The van der Waals surface area contributed by atoms with Gasteiger partial charge in [-0.2, -0.15) is 10.2 Å². The van der Waals surface area contributed by atoms with Crippen LogP contribution in [0.25, 0.3) is 0 Å². The van der Waals surface area contributed by atoms with Crippen LogP contribution in [-0.2, 0) is 4.79 Å². The van der Waals surface area contributed by atoms with Gasteiger partial charge >= 0.3 is 0 Å². The third-order valence-corrected chi connectivity index (χ3v) is 6.76. The van der Waals surface area contributed by atoms with Crippen molar-refractivity contribution in [1.82, 2.24) is 25.3 Å². The lowest BCUT2D eigenvalue weighted by molar-refractivity contribution is 0.117. The summed E-state index contributed by atoms with van der Waals surface area (Å²) >= 11 is 0. The lowest BCUT2D eigenvalue weighted by atomic mass is 9.77. The number of H-pyrrole nitrogens is 2. The van der Waals surface area contributed by atoms with E-state index in [0.29, 0.717) is 36.8 Å². The Morgan fingerprint density at radius 1 is 1.16 bits per heavy atom. The molecule has 0 radical (unpaired) electrons. The summed E-state index contributed by atoms with van der Waals surface area (Å²) in [6, 6.07) is 12.0. The first-order valence-corrected chi connectivity index (χ1v) is 10.9. The Morgan fingerprint density at radius 2 is 1.91 bits per heavy atom. The molecule has 1 aromatic carbocycles. The van der Waals surface area contributed by atoms with Gasteiger partial charge < -0.3 is 21.1 Å². The molecule has 4 atom stereocenters. The van der Waals surface area contributed by atoms with Crippen LogP contribution >= 0.6 is 0 Å². The van der Waals surface area contributed by atoms with Crippen LogP contribution in [0.3, 0.4) is 0 Å². The summed E-state index contributed by atoms with van der Waals surface area (Å²) in [5.74, 6) is 4.24. The largest absolute Gasteiger partial charge is 0.487 e. The number of aliphatic hydroxyl groups excluding tert-OH is 1. The van der Waals surface area contributed by atoms with Gasteiger partial charge in [-0.05, 0) is 55.2 Å². The lowest BCUT2D eigenvalue weighted by Gasteiger charge is -2.39. The molecule has 5 rings (SSSR count). The van der Waals surface area contributed by atoms with Crippen molar-refractivity contribution in [3.05, 3.63) is 59.2 Å². The topological polar surface area (TPSA) is 136 Å². The maximum absolute atomic E-state index is 11.0. The van der Waals surface area contributed by atoms with Crippen LogP contribution < -0.4 is 11.1 Å². The first kappa shape index (κ1) is 20.2. The number of carbonyl (C=O) groups excluding carboxylic acids is 1. The summed E-state index contributed by atoms with van der Waals surface area (Å²) in [6.45, 7) is 3.21. The Kier molecular flexibility index (Phi) is 5.11. The molecule has 1 aliphatic heterocycles. The van der Waals surface area contributed by atoms with Gasteiger partial charge in [-0.15, -0.1) is 0 Å². The molecule has 166 valence electrons. The average molecular weight is 434 g/mol. The van der Waals surface area contributed by atoms with Crippen LogP contribution in [0.4, 0.5) is 17.3 Å². The minimum atomic E-state index is -0.301. The summed E-state index contributed by atoms with van der Waals surface area (Å²) in [6.07, 6.45) is 1.90. The molecule has 1 saturated carbocycles. The van der Waals surface area contributed by atoms with Gasteiger partial charge in [-0.1, -0.05) is 12.1 Å². The summed E-state index contributed by atoms with van der Waals surface area (Å²) < 4.78 is 0. The van der Waals surface area contributed by atoms with E-state index in [9.17, 15) is 9.90 Å². The van der Waals surface area contributed by atoms with Gasteiger partial charge in [0, 0.05) is 48.2 Å². The molecule has 0 amide bonds. The number of nitrogens with one attached hydrogen (secondary N) is 3. The van der Waals surface area contributed by atoms with Gasteiger partial charge in [-0.25, -0.2) is 4.79 Å². The van der Waals surface area contributed by atoms with Crippen molar-refractivity contribution in [1.29, 1.82) is 0 Å². The van der Waals surface area contributed by atoms with Crippen molar-refractivity contribution in [2.75, 3.05) is 24.1 Å². The summed E-state index contributed by atoms with van der Waals surface area (Å²) in [4.78, 5) is 12.8. The first-order chi connectivity index (χ1) is 15.5. The van der Waals surface area contributed by atoms with Gasteiger partial charge in [0.25, 0.3) is 5.88 Å². The predicted octanol–water partition coefficient (Wildman–Crippen LogP) is 3.21. The Bertz CT molecular complexity index is 1150. The number of aromatic nitrogens is 4. The van der Waals surface area contributed by atoms with Gasteiger partial charge in [0.2, 0.25) is 0 Å². The van der Waals surface area contributed by atoms with E-state index in [-0.39, 0.29) is 5.88 Å². The van der Waals surface area contributed by atoms with Crippen LogP contribution in [0.5, 0.6) is 0 Å². The van der Waals surface area contributed by atoms with Crippen LogP contribution in [0.2, 0.25) is 0 Å². The number of nitrogens with zero attached hydrogens (tertiary/aromatic N) is 3. The molecule has 32 heavy (non-hydrogen) atoms. The van der Waals surface area contributed by atoms with Crippen LogP contribution in [0.15, 0.2) is 42.3 Å². The minimum Gasteiger partial charge on any atom is -0.487 e. The highest BCUT2D eigenvalue weighted by Crippen LogP contribution is 2.56. The molecule has 3 heterocycles. The van der Waals surface area contributed by atoms with Gasteiger partial charge in [0.1, 0.15) is 0 Å². The highest BCUT2D eigenvalue weighted by molar-refractivity contribution is 5.52. The van der Waals surface area contributed by atoms with Crippen molar-refractivity contribution >= 4 is 23.3 Å². The van der Waals surface area contributed by atoms with Gasteiger partial charge in [-0.3, -0.25) is 10.2 Å². The van der Waals surface area contributed by atoms with E-state index in [1.54, 1.807) is 10.8 Å². The van der Waals surface area contributed by atoms with E-state index in [1.807, 2.05) is 31.2 Å². The number of rotatable bonds is 6. The molecule has 1 saturated heterocycles. The SMILES string of the molecule is Cc1cc(Nc2cc(C3CC3C3CN(C(O)=C=O)CCC3c3ccc(N)cc3)[nH]n2)n[nH]1. The molecule has 6 N–H and O–H groups in total. The molecule has 4 unspecified atom stereocenters. The molecule has 3 aromatic rings. The van der Waals surface area contributed by atoms with E-state index < -0.39 is 0 Å². The zero-order valence-corrected chi connectivity index (χ0v) is 17.9. The van der Waals surface area contributed by atoms with E-state index in [4.69, 9.17) is 5.73 Å². The third kappa shape index (κ3) is 3.94. The predicted molar refractivity (Wildman–Crippen MR) is 121 cm³/mol. The molecule has 1 aliphatic carbocycles. The maximum Gasteiger partial charge on any atom is 0.275 e. The number of aryl methyl sites for hydroxylation is 1. The molecule has 0 spiro atoms. The Hall–Kier alpha value is -3.71. The standard InChI is InChI=1S/C23H27N7O2/c1-13-8-21(28-26-13)25-22-10-20(27-29-22)18-9-17(18)19-11-30(23(32)12-31)7-6-16(19)14-2-4-15(24)5-3-14/h2-5,8,10,16-19,32H,6-7,9,11,24H2,1H3,(H3,25,26,27,28,29). The zero-order chi connectivity index (χ0) is 22.2. The zero-order valence-electron chi connectivity index (χ0n) is 17.9. The fraction of sp³-hybridized carbons (Fsp3) is 0.391. The fourth-order valence-electron chi connectivity index (χ4n) is 5.08. The normalized spacial score (nSPS) is 24.7. The quantitative estimate of drug-likeness (QED) is 0.229. The smallest absolute Gasteiger partial charge is 0.275 e. The molecule has 9 heteroatoms. The number of benzene rings is 1. The van der Waals surface area contributed by atoms with Crippen molar-refractivity contribution < 1.29 is 9.90 Å². The van der Waals surface area contributed by atoms with Crippen LogP contribution in [-0.4, -0.2) is 49.4 Å². The number of hydrogen-bond acceptors (Lipinski definition) is 7. The lowest BCUT2D eigenvalue weighted by Crippen LogP contribution is -2.40. The van der Waals surface area contributed by atoms with Gasteiger partial charge in [0.05, 0.1) is 0 Å². The average Bonchev–Trinajstić information content (AvgIpc) is 3.28. The number of anilines is 3. The highest BCUT2D eigenvalue weighted by Gasteiger charge is 2.49. The third-order valence-electron chi connectivity index (χ3n) is 6.76. The van der Waals surface area contributed by atoms with Crippen molar-refractivity contribution in [3.8, 4) is 0 Å². The molecule has 2 aromatic heterocycles. The summed E-state index contributed by atoms with van der Waals surface area (Å²) in [7, 11) is 0. The number of piperidine rings is 1. The summed E-state index contributed by atoms with van der Waals surface area (Å²) in [5.41, 5.74) is 9.96. The number of nitrogens with two attached hydrogens (primary N) is 1.